The molecule has 7 heteroatoms. The Balaban J connectivity index is 1.76. The predicted molar refractivity (Wildman–Crippen MR) is 83.5 cm³/mol. The van der Waals surface area contributed by atoms with Gasteiger partial charge in [0.25, 0.3) is 0 Å². The van der Waals surface area contributed by atoms with Crippen molar-refractivity contribution in [3.05, 3.63) is 29.8 Å². The topological polar surface area (TPSA) is 98.5 Å². The van der Waals surface area contributed by atoms with Gasteiger partial charge in [-0.2, -0.15) is 13.6 Å². The third kappa shape index (κ3) is 5.65. The third-order valence-corrected chi connectivity index (χ3v) is 4.25. The van der Waals surface area contributed by atoms with Crippen molar-refractivity contribution in [2.75, 3.05) is 6.54 Å². The monoisotopic (exact) mass is 326 g/mol. The molecule has 0 unspecified atom stereocenters. The van der Waals surface area contributed by atoms with Crippen molar-refractivity contribution in [2.45, 2.75) is 38.5 Å². The summed E-state index contributed by atoms with van der Waals surface area (Å²) in [5, 5.41) is 7.76. The van der Waals surface area contributed by atoms with Gasteiger partial charge in [-0.1, -0.05) is 31.4 Å². The lowest BCUT2D eigenvalue weighted by atomic mass is 9.88. The molecule has 122 valence electrons. The molecule has 0 aromatic heterocycles. The number of hydrogen-bond donors (Lipinski definition) is 2. The standard InChI is InChI=1S/C15H22N2O4S/c16-22(19,20)21-14-8-6-12(7-9-14)10-11-17-15(18)13-4-2-1-3-5-13/h6-9,13H,1-5,10-11H2,(H,17,18)(H2,16,19,20). The van der Waals surface area contributed by atoms with Crippen LogP contribution in [-0.4, -0.2) is 20.9 Å². The highest BCUT2D eigenvalue weighted by Gasteiger charge is 2.20. The molecule has 0 aliphatic heterocycles. The Kier molecular flexibility index (Phi) is 5.79. The van der Waals surface area contributed by atoms with Gasteiger partial charge in [0.05, 0.1) is 0 Å². The van der Waals surface area contributed by atoms with E-state index in [0.29, 0.717) is 13.0 Å². The van der Waals surface area contributed by atoms with Gasteiger partial charge >= 0.3 is 10.3 Å². The summed E-state index contributed by atoms with van der Waals surface area (Å²) in [6, 6.07) is 6.60. The molecule has 0 spiro atoms. The Morgan fingerprint density at radius 3 is 2.41 bits per heavy atom. The second-order valence-electron chi connectivity index (χ2n) is 5.60. The Hall–Kier alpha value is -1.60. The molecule has 3 N–H and O–H groups in total. The molecular weight excluding hydrogens is 304 g/mol. The van der Waals surface area contributed by atoms with E-state index in [9.17, 15) is 13.2 Å². The van der Waals surface area contributed by atoms with Crippen LogP contribution >= 0.6 is 0 Å². The van der Waals surface area contributed by atoms with Crippen molar-refractivity contribution in [3.63, 3.8) is 0 Å². The molecule has 0 saturated heterocycles. The smallest absolute Gasteiger partial charge is 0.371 e. The first kappa shape index (κ1) is 16.8. The fourth-order valence-electron chi connectivity index (χ4n) is 2.68. The maximum Gasteiger partial charge on any atom is 0.380 e. The van der Waals surface area contributed by atoms with Crippen LogP contribution in [0.15, 0.2) is 24.3 Å². The lowest BCUT2D eigenvalue weighted by Gasteiger charge is -2.20. The van der Waals surface area contributed by atoms with Crippen molar-refractivity contribution in [1.29, 1.82) is 0 Å². The number of nitrogens with one attached hydrogen (secondary N) is 1. The van der Waals surface area contributed by atoms with Gasteiger partial charge in [-0.25, -0.2) is 0 Å². The van der Waals surface area contributed by atoms with Crippen LogP contribution in [0.1, 0.15) is 37.7 Å². The summed E-state index contributed by atoms with van der Waals surface area (Å²) in [4.78, 5) is 12.0. The van der Waals surface area contributed by atoms with Crippen LogP contribution in [-0.2, 0) is 21.5 Å². The zero-order valence-corrected chi connectivity index (χ0v) is 13.3. The Morgan fingerprint density at radius 2 is 1.82 bits per heavy atom. The van der Waals surface area contributed by atoms with Crippen LogP contribution in [0.25, 0.3) is 0 Å². The summed E-state index contributed by atoms with van der Waals surface area (Å²) in [7, 11) is -3.99. The largest absolute Gasteiger partial charge is 0.380 e. The summed E-state index contributed by atoms with van der Waals surface area (Å²) in [5.74, 6) is 0.491. The summed E-state index contributed by atoms with van der Waals surface area (Å²) in [6.07, 6.45) is 6.19. The molecule has 1 aromatic carbocycles. The highest BCUT2D eigenvalue weighted by atomic mass is 32.2. The summed E-state index contributed by atoms with van der Waals surface area (Å²) in [5.41, 5.74) is 0.991. The average molecular weight is 326 g/mol. The molecule has 2 rings (SSSR count). The molecule has 0 heterocycles. The number of carbonyl (C=O) groups is 1. The van der Waals surface area contributed by atoms with E-state index < -0.39 is 10.3 Å². The number of hydrogen-bond acceptors (Lipinski definition) is 4. The van der Waals surface area contributed by atoms with E-state index in [4.69, 9.17) is 5.14 Å². The van der Waals surface area contributed by atoms with E-state index in [1.165, 1.54) is 6.42 Å². The Morgan fingerprint density at radius 1 is 1.18 bits per heavy atom. The second kappa shape index (κ2) is 7.60. The number of benzene rings is 1. The van der Waals surface area contributed by atoms with Gasteiger partial charge in [0.2, 0.25) is 5.91 Å². The van der Waals surface area contributed by atoms with Gasteiger partial charge in [0, 0.05) is 12.5 Å². The maximum atomic E-state index is 12.0. The van der Waals surface area contributed by atoms with E-state index in [1.54, 1.807) is 24.3 Å². The highest BCUT2D eigenvalue weighted by molar-refractivity contribution is 7.84. The number of amides is 1. The molecule has 0 bridgehead atoms. The molecule has 0 atom stereocenters. The Bertz CT molecular complexity index is 592. The van der Waals surface area contributed by atoms with E-state index in [-0.39, 0.29) is 17.6 Å². The van der Waals surface area contributed by atoms with Crippen LogP contribution in [0.3, 0.4) is 0 Å². The lowest BCUT2D eigenvalue weighted by Crippen LogP contribution is -2.33. The average Bonchev–Trinajstić information content (AvgIpc) is 2.48. The first-order valence-electron chi connectivity index (χ1n) is 7.53. The van der Waals surface area contributed by atoms with Crippen LogP contribution in [0.4, 0.5) is 0 Å². The Labute approximate surface area is 131 Å². The van der Waals surface area contributed by atoms with Gasteiger partial charge in [-0.05, 0) is 37.0 Å². The molecule has 1 fully saturated rings. The number of rotatable bonds is 6. The summed E-state index contributed by atoms with van der Waals surface area (Å²) in [6.45, 7) is 0.574. The van der Waals surface area contributed by atoms with E-state index in [1.807, 2.05) is 0 Å². The fraction of sp³-hybridized carbons (Fsp3) is 0.533. The summed E-state index contributed by atoms with van der Waals surface area (Å²) < 4.78 is 26.1. The number of nitrogens with two attached hydrogens (primary N) is 1. The maximum absolute atomic E-state index is 12.0. The van der Waals surface area contributed by atoms with Crippen LogP contribution < -0.4 is 14.6 Å². The molecule has 0 radical (unpaired) electrons. The van der Waals surface area contributed by atoms with Crippen molar-refractivity contribution < 1.29 is 17.4 Å². The SMILES string of the molecule is NS(=O)(=O)Oc1ccc(CCNC(=O)C2CCCCC2)cc1. The quantitative estimate of drug-likeness (QED) is 0.827. The fourth-order valence-corrected chi connectivity index (χ4v) is 3.06. The minimum absolute atomic E-state index is 0.147. The zero-order valence-electron chi connectivity index (χ0n) is 12.5. The van der Waals surface area contributed by atoms with Gasteiger partial charge < -0.3 is 9.50 Å². The van der Waals surface area contributed by atoms with Crippen LogP contribution in [0, 0.1) is 5.92 Å². The minimum Gasteiger partial charge on any atom is -0.371 e. The zero-order chi connectivity index (χ0) is 16.0. The lowest BCUT2D eigenvalue weighted by molar-refractivity contribution is -0.125. The minimum atomic E-state index is -3.99. The molecule has 1 aliphatic rings. The first-order valence-corrected chi connectivity index (χ1v) is 9.00. The molecule has 1 aromatic rings. The van der Waals surface area contributed by atoms with Crippen LogP contribution in [0.2, 0.25) is 0 Å². The van der Waals surface area contributed by atoms with Gasteiger partial charge in [0.1, 0.15) is 5.75 Å². The molecule has 1 saturated carbocycles. The van der Waals surface area contributed by atoms with Crippen molar-refractivity contribution in [1.82, 2.24) is 5.32 Å². The van der Waals surface area contributed by atoms with Crippen molar-refractivity contribution in [3.8, 4) is 5.75 Å². The normalized spacial score (nSPS) is 16.2. The second-order valence-corrected chi connectivity index (χ2v) is 6.75. The molecular formula is C15H22N2O4S. The van der Waals surface area contributed by atoms with E-state index in [0.717, 1.165) is 31.2 Å². The third-order valence-electron chi connectivity index (χ3n) is 3.82. The van der Waals surface area contributed by atoms with E-state index in [2.05, 4.69) is 9.50 Å². The summed E-state index contributed by atoms with van der Waals surface area (Å²) >= 11 is 0. The molecule has 1 aliphatic carbocycles. The molecule has 1 amide bonds. The van der Waals surface area contributed by atoms with E-state index >= 15 is 0 Å². The van der Waals surface area contributed by atoms with Gasteiger partial charge in [-0.15, -0.1) is 0 Å². The highest BCUT2D eigenvalue weighted by Crippen LogP contribution is 2.23. The van der Waals surface area contributed by atoms with Crippen molar-refractivity contribution in [2.24, 2.45) is 11.1 Å². The first-order chi connectivity index (χ1) is 10.4. The number of carbonyl (C=O) groups excluding carboxylic acids is 1. The van der Waals surface area contributed by atoms with Crippen LogP contribution in [0.5, 0.6) is 5.75 Å². The molecule has 6 nitrogen and oxygen atoms in total. The molecule has 22 heavy (non-hydrogen) atoms. The predicted octanol–water partition coefficient (Wildman–Crippen LogP) is 1.51. The van der Waals surface area contributed by atoms with Gasteiger partial charge in [-0.3, -0.25) is 4.79 Å². The van der Waals surface area contributed by atoms with Crippen molar-refractivity contribution >= 4 is 16.2 Å². The van der Waals surface area contributed by atoms with Gasteiger partial charge in [0.15, 0.2) is 0 Å².